The molecule has 1 unspecified atom stereocenters. The standard InChI is InChI=1S/C21H21F2N3/c1-13(25-20-10-11-24-20)6-8-16-15-4-2-3-5-19(15)26-21(16)14-7-9-17(22)18(23)12-14/h2-5,7,9,12,20,24-26H,1,6,8,10-11H2. The van der Waals surface area contributed by atoms with Crippen LogP contribution in [0.3, 0.4) is 0 Å². The molecule has 3 N–H and O–H groups in total. The van der Waals surface area contributed by atoms with Gasteiger partial charge in [0.25, 0.3) is 0 Å². The Balaban J connectivity index is 1.65. The van der Waals surface area contributed by atoms with Crippen molar-refractivity contribution >= 4 is 10.9 Å². The van der Waals surface area contributed by atoms with Gasteiger partial charge in [0.1, 0.15) is 0 Å². The molecule has 26 heavy (non-hydrogen) atoms. The number of halogens is 2. The molecule has 1 aromatic heterocycles. The van der Waals surface area contributed by atoms with Crippen molar-refractivity contribution in [2.75, 3.05) is 6.54 Å². The molecule has 2 aromatic carbocycles. The van der Waals surface area contributed by atoms with Crippen molar-refractivity contribution in [2.24, 2.45) is 0 Å². The highest BCUT2D eigenvalue weighted by atomic mass is 19.2. The number of aromatic nitrogens is 1. The maximum Gasteiger partial charge on any atom is 0.159 e. The highest BCUT2D eigenvalue weighted by molar-refractivity contribution is 5.90. The second-order valence-corrected chi connectivity index (χ2v) is 6.70. The van der Waals surface area contributed by atoms with Gasteiger partial charge in [-0.15, -0.1) is 0 Å². The second-order valence-electron chi connectivity index (χ2n) is 6.70. The van der Waals surface area contributed by atoms with E-state index in [9.17, 15) is 8.78 Å². The van der Waals surface area contributed by atoms with Crippen molar-refractivity contribution < 1.29 is 8.78 Å². The van der Waals surface area contributed by atoms with E-state index < -0.39 is 11.6 Å². The number of allylic oxidation sites excluding steroid dienone is 1. The van der Waals surface area contributed by atoms with Crippen LogP contribution in [-0.4, -0.2) is 17.7 Å². The molecule has 1 aliphatic heterocycles. The number of para-hydroxylation sites is 1. The lowest BCUT2D eigenvalue weighted by atomic mass is 10.00. The number of H-pyrrole nitrogens is 1. The van der Waals surface area contributed by atoms with E-state index in [-0.39, 0.29) is 0 Å². The Morgan fingerprint density at radius 2 is 1.96 bits per heavy atom. The average molecular weight is 353 g/mol. The van der Waals surface area contributed by atoms with E-state index in [1.54, 1.807) is 6.07 Å². The van der Waals surface area contributed by atoms with Gasteiger partial charge in [-0.2, -0.15) is 0 Å². The Morgan fingerprint density at radius 3 is 2.69 bits per heavy atom. The van der Waals surface area contributed by atoms with Gasteiger partial charge in [0.2, 0.25) is 0 Å². The van der Waals surface area contributed by atoms with Crippen LogP contribution in [-0.2, 0) is 6.42 Å². The quantitative estimate of drug-likeness (QED) is 0.612. The summed E-state index contributed by atoms with van der Waals surface area (Å²) in [6.45, 7) is 5.15. The van der Waals surface area contributed by atoms with Gasteiger partial charge < -0.3 is 10.3 Å². The SMILES string of the molecule is C=C(CCc1c(-c2ccc(F)c(F)c2)[nH]c2ccccc12)NC1CCN1. The summed E-state index contributed by atoms with van der Waals surface area (Å²) < 4.78 is 27.1. The topological polar surface area (TPSA) is 39.9 Å². The molecule has 4 rings (SSSR count). The van der Waals surface area contributed by atoms with Gasteiger partial charge >= 0.3 is 0 Å². The van der Waals surface area contributed by atoms with Gasteiger partial charge in [0.05, 0.1) is 6.17 Å². The summed E-state index contributed by atoms with van der Waals surface area (Å²) in [5.41, 5.74) is 4.54. The smallest absolute Gasteiger partial charge is 0.159 e. The second kappa shape index (κ2) is 6.92. The zero-order valence-electron chi connectivity index (χ0n) is 14.4. The molecule has 1 atom stereocenters. The molecule has 3 aromatic rings. The fraction of sp³-hybridized carbons (Fsp3) is 0.238. The first-order valence-corrected chi connectivity index (χ1v) is 8.84. The number of aromatic amines is 1. The van der Waals surface area contributed by atoms with Crippen LogP contribution in [0.1, 0.15) is 18.4 Å². The Labute approximate surface area is 151 Å². The number of nitrogens with one attached hydrogen (secondary N) is 3. The predicted octanol–water partition coefficient (Wildman–Crippen LogP) is 4.47. The van der Waals surface area contributed by atoms with Crippen LogP contribution < -0.4 is 10.6 Å². The van der Waals surface area contributed by atoms with E-state index >= 15 is 0 Å². The van der Waals surface area contributed by atoms with Crippen molar-refractivity contribution in [3.63, 3.8) is 0 Å². The largest absolute Gasteiger partial charge is 0.374 e. The van der Waals surface area contributed by atoms with Gasteiger partial charge in [-0.1, -0.05) is 24.8 Å². The number of fused-ring (bicyclic) bond motifs is 1. The Morgan fingerprint density at radius 1 is 1.15 bits per heavy atom. The molecular formula is C21H21F2N3. The molecule has 0 bridgehead atoms. The average Bonchev–Trinajstić information content (AvgIpc) is 2.97. The van der Waals surface area contributed by atoms with E-state index in [1.807, 2.05) is 24.3 Å². The molecule has 134 valence electrons. The van der Waals surface area contributed by atoms with Gasteiger partial charge in [0, 0.05) is 34.4 Å². The molecule has 0 saturated carbocycles. The molecule has 1 saturated heterocycles. The normalized spacial score (nSPS) is 16.5. The first kappa shape index (κ1) is 16.8. The van der Waals surface area contributed by atoms with E-state index in [0.29, 0.717) is 11.7 Å². The molecular weight excluding hydrogens is 332 g/mol. The van der Waals surface area contributed by atoms with Crippen LogP contribution in [0.25, 0.3) is 22.2 Å². The zero-order valence-corrected chi connectivity index (χ0v) is 14.4. The van der Waals surface area contributed by atoms with Crippen LogP contribution in [0.15, 0.2) is 54.7 Å². The van der Waals surface area contributed by atoms with Gasteiger partial charge in [-0.3, -0.25) is 5.32 Å². The van der Waals surface area contributed by atoms with Crippen LogP contribution in [0.2, 0.25) is 0 Å². The van der Waals surface area contributed by atoms with Crippen molar-refractivity contribution in [2.45, 2.75) is 25.4 Å². The van der Waals surface area contributed by atoms with E-state index in [1.165, 1.54) is 12.1 Å². The fourth-order valence-electron chi connectivity index (χ4n) is 3.36. The number of aryl methyl sites for hydroxylation is 1. The third kappa shape index (κ3) is 3.22. The monoisotopic (exact) mass is 353 g/mol. The Kier molecular flexibility index (Phi) is 4.47. The van der Waals surface area contributed by atoms with Gasteiger partial charge in [0.15, 0.2) is 11.6 Å². The first-order valence-electron chi connectivity index (χ1n) is 8.84. The third-order valence-corrected chi connectivity index (χ3v) is 4.90. The highest BCUT2D eigenvalue weighted by Gasteiger charge is 2.18. The molecule has 0 spiro atoms. The maximum absolute atomic E-state index is 13.7. The number of benzene rings is 2. The minimum atomic E-state index is -0.839. The molecule has 0 aliphatic carbocycles. The highest BCUT2D eigenvalue weighted by Crippen LogP contribution is 2.32. The molecule has 0 radical (unpaired) electrons. The van der Waals surface area contributed by atoms with Crippen LogP contribution >= 0.6 is 0 Å². The van der Waals surface area contributed by atoms with Crippen molar-refractivity contribution in [3.05, 3.63) is 71.9 Å². The van der Waals surface area contributed by atoms with Gasteiger partial charge in [-0.25, -0.2) is 8.78 Å². The number of hydrogen-bond acceptors (Lipinski definition) is 2. The third-order valence-electron chi connectivity index (χ3n) is 4.90. The molecule has 3 nitrogen and oxygen atoms in total. The lowest BCUT2D eigenvalue weighted by molar-refractivity contribution is 0.328. The summed E-state index contributed by atoms with van der Waals surface area (Å²) in [6.07, 6.45) is 2.95. The fourth-order valence-corrected chi connectivity index (χ4v) is 3.36. The molecule has 0 amide bonds. The Hall–Kier alpha value is -2.66. The van der Waals surface area contributed by atoms with E-state index in [0.717, 1.165) is 53.7 Å². The summed E-state index contributed by atoms with van der Waals surface area (Å²) in [4.78, 5) is 3.36. The van der Waals surface area contributed by atoms with Gasteiger partial charge in [-0.05, 0) is 49.1 Å². The molecule has 1 aliphatic rings. The zero-order chi connectivity index (χ0) is 18.1. The van der Waals surface area contributed by atoms with Crippen LogP contribution in [0.4, 0.5) is 8.78 Å². The van der Waals surface area contributed by atoms with E-state index in [2.05, 4.69) is 22.2 Å². The van der Waals surface area contributed by atoms with E-state index in [4.69, 9.17) is 0 Å². The number of rotatable bonds is 6. The maximum atomic E-state index is 13.7. The van der Waals surface area contributed by atoms with Crippen LogP contribution in [0.5, 0.6) is 0 Å². The minimum Gasteiger partial charge on any atom is -0.374 e. The molecule has 5 heteroatoms. The summed E-state index contributed by atoms with van der Waals surface area (Å²) in [5, 5.41) is 7.77. The van der Waals surface area contributed by atoms with Crippen LogP contribution in [0, 0.1) is 11.6 Å². The number of hydrogen-bond donors (Lipinski definition) is 3. The predicted molar refractivity (Wildman–Crippen MR) is 101 cm³/mol. The van der Waals surface area contributed by atoms with Crippen molar-refractivity contribution in [3.8, 4) is 11.3 Å². The molecule has 1 fully saturated rings. The first-order chi connectivity index (χ1) is 12.6. The summed E-state index contributed by atoms with van der Waals surface area (Å²) in [7, 11) is 0. The minimum absolute atomic E-state index is 0.316. The summed E-state index contributed by atoms with van der Waals surface area (Å²) in [5.74, 6) is -1.67. The van der Waals surface area contributed by atoms with Crippen molar-refractivity contribution in [1.29, 1.82) is 0 Å². The lowest BCUT2D eigenvalue weighted by Crippen LogP contribution is -2.52. The van der Waals surface area contributed by atoms with Crippen molar-refractivity contribution in [1.82, 2.24) is 15.6 Å². The molecule has 2 heterocycles. The summed E-state index contributed by atoms with van der Waals surface area (Å²) in [6, 6.07) is 12.0. The summed E-state index contributed by atoms with van der Waals surface area (Å²) >= 11 is 0. The Bertz CT molecular complexity index is 957. The lowest BCUT2D eigenvalue weighted by Gasteiger charge is -2.30.